The first-order valence-corrected chi connectivity index (χ1v) is 7.45. The predicted molar refractivity (Wildman–Crippen MR) is 83.0 cm³/mol. The van der Waals surface area contributed by atoms with E-state index in [1.165, 1.54) is 19.2 Å². The van der Waals surface area contributed by atoms with Crippen LogP contribution in [0.5, 0.6) is 0 Å². The summed E-state index contributed by atoms with van der Waals surface area (Å²) in [4.78, 5) is 12.0. The van der Waals surface area contributed by atoms with E-state index >= 15 is 0 Å². The van der Waals surface area contributed by atoms with Crippen LogP contribution in [0.15, 0.2) is 41.1 Å². The Hall–Kier alpha value is -2.68. The van der Waals surface area contributed by atoms with Crippen molar-refractivity contribution >= 4 is 23.6 Å². The number of halogens is 3. The zero-order chi connectivity index (χ0) is 18.2. The summed E-state index contributed by atoms with van der Waals surface area (Å²) in [7, 11) is 1.45. The lowest BCUT2D eigenvalue weighted by Crippen LogP contribution is -2.39. The first-order valence-electron chi connectivity index (χ1n) is 7.45. The van der Waals surface area contributed by atoms with Gasteiger partial charge in [-0.15, -0.1) is 0 Å². The van der Waals surface area contributed by atoms with Crippen molar-refractivity contribution in [2.75, 3.05) is 12.1 Å². The molecule has 0 aromatic heterocycles. The monoisotopic (exact) mass is 354 g/mol. The number of hydrazone groups is 1. The van der Waals surface area contributed by atoms with Crippen LogP contribution >= 0.6 is 0 Å². The van der Waals surface area contributed by atoms with Crippen LogP contribution in [0, 0.1) is 0 Å². The summed E-state index contributed by atoms with van der Waals surface area (Å²) in [5, 5.41) is 13.9. The molecular weight excluding hydrogens is 339 g/mol. The van der Waals surface area contributed by atoms with Gasteiger partial charge in [0.1, 0.15) is 12.3 Å². The van der Waals surface area contributed by atoms with Crippen LogP contribution < -0.4 is 5.06 Å². The average molecular weight is 354 g/mol. The number of rotatable bonds is 3. The highest BCUT2D eigenvalue weighted by Crippen LogP contribution is 2.31. The second-order valence-electron chi connectivity index (χ2n) is 5.70. The highest BCUT2D eigenvalue weighted by molar-refractivity contribution is 5.92. The number of carbonyl (C=O) groups excluding carboxylic acids is 1. The minimum absolute atomic E-state index is 0.202. The number of alkyl halides is 3. The zero-order valence-electron chi connectivity index (χ0n) is 13.2. The van der Waals surface area contributed by atoms with Gasteiger partial charge in [-0.2, -0.15) is 13.2 Å². The lowest BCUT2D eigenvalue weighted by Gasteiger charge is -2.24. The molecule has 25 heavy (non-hydrogen) atoms. The van der Waals surface area contributed by atoms with Crippen LogP contribution in [-0.4, -0.2) is 47.1 Å². The summed E-state index contributed by atoms with van der Waals surface area (Å²) < 4.78 is 44.6. The SMILES string of the molecule is CN(O)c1ccc(C(=O)OC2CC(=[N+]3N=CC=C3C(F)(F)F)C2)cc1. The maximum Gasteiger partial charge on any atom is 0.480 e. The third-order valence-electron chi connectivity index (χ3n) is 3.91. The molecule has 2 aliphatic rings. The third kappa shape index (κ3) is 3.55. The zero-order valence-corrected chi connectivity index (χ0v) is 13.2. The van der Waals surface area contributed by atoms with Gasteiger partial charge in [0.15, 0.2) is 5.71 Å². The lowest BCUT2D eigenvalue weighted by molar-refractivity contribution is -0.509. The molecule has 0 saturated heterocycles. The molecule has 0 radical (unpaired) electrons. The molecule has 0 unspecified atom stereocenters. The highest BCUT2D eigenvalue weighted by Gasteiger charge is 2.49. The Morgan fingerprint density at radius 2 is 1.96 bits per heavy atom. The molecule has 9 heteroatoms. The maximum atomic E-state index is 12.8. The Morgan fingerprint density at radius 3 is 2.52 bits per heavy atom. The fourth-order valence-electron chi connectivity index (χ4n) is 2.52. The second kappa shape index (κ2) is 6.32. The van der Waals surface area contributed by atoms with Crippen LogP contribution in [0.2, 0.25) is 0 Å². The summed E-state index contributed by atoms with van der Waals surface area (Å²) in [5.41, 5.74) is 0.423. The van der Waals surface area contributed by atoms with E-state index in [-0.39, 0.29) is 12.8 Å². The van der Waals surface area contributed by atoms with Gasteiger partial charge in [0.25, 0.3) is 0 Å². The van der Waals surface area contributed by atoms with Crippen LogP contribution in [0.4, 0.5) is 18.9 Å². The number of hydrogen-bond acceptors (Lipinski definition) is 5. The third-order valence-corrected chi connectivity index (χ3v) is 3.91. The Balaban J connectivity index is 1.60. The van der Waals surface area contributed by atoms with Gasteiger partial charge in [-0.3, -0.25) is 10.3 Å². The van der Waals surface area contributed by atoms with Crippen molar-refractivity contribution in [1.82, 2.24) is 0 Å². The second-order valence-corrected chi connectivity index (χ2v) is 5.70. The number of esters is 1. The van der Waals surface area contributed by atoms with Gasteiger partial charge < -0.3 is 4.74 Å². The first kappa shape index (κ1) is 17.2. The molecule has 1 heterocycles. The van der Waals surface area contributed by atoms with E-state index in [0.29, 0.717) is 17.0 Å². The standard InChI is InChI=1S/C16H15F3N3O3/c1-21(24)11-4-2-10(3-5-11)15(23)25-13-8-12(9-13)22-14(6-7-20-22)16(17,18)19/h2-7,13,24H,8-9H2,1H3/q+1. The minimum atomic E-state index is -4.48. The number of hydroxylamine groups is 1. The number of benzene rings is 1. The van der Waals surface area contributed by atoms with Crippen molar-refractivity contribution in [3.63, 3.8) is 0 Å². The van der Waals surface area contributed by atoms with Crippen LogP contribution in [0.3, 0.4) is 0 Å². The number of carbonyl (C=O) groups is 1. The summed E-state index contributed by atoms with van der Waals surface area (Å²) >= 11 is 0. The van der Waals surface area contributed by atoms with E-state index in [1.807, 2.05) is 0 Å². The average Bonchev–Trinajstić information content (AvgIpc) is 2.99. The molecule has 1 saturated carbocycles. The molecule has 1 aliphatic heterocycles. The quantitative estimate of drug-likeness (QED) is 0.515. The molecule has 1 fully saturated rings. The normalized spacial score (nSPS) is 19.6. The molecule has 132 valence electrons. The van der Waals surface area contributed by atoms with Crippen molar-refractivity contribution in [2.45, 2.75) is 25.1 Å². The summed E-state index contributed by atoms with van der Waals surface area (Å²) in [5.74, 6) is -0.562. The molecule has 1 aromatic carbocycles. The van der Waals surface area contributed by atoms with E-state index in [9.17, 15) is 23.2 Å². The fourth-order valence-corrected chi connectivity index (χ4v) is 2.52. The van der Waals surface area contributed by atoms with Gasteiger partial charge in [0.2, 0.25) is 0 Å². The Morgan fingerprint density at radius 1 is 1.32 bits per heavy atom. The van der Waals surface area contributed by atoms with Crippen molar-refractivity contribution in [3.8, 4) is 0 Å². The molecule has 1 N–H and O–H groups in total. The largest absolute Gasteiger partial charge is 0.480 e. The molecule has 0 bridgehead atoms. The summed E-state index contributed by atoms with van der Waals surface area (Å²) in [6.45, 7) is 0. The molecule has 0 amide bonds. The van der Waals surface area contributed by atoms with Crippen molar-refractivity contribution in [1.29, 1.82) is 0 Å². The molecule has 1 aromatic rings. The van der Waals surface area contributed by atoms with E-state index in [0.717, 1.165) is 22.0 Å². The summed E-state index contributed by atoms with van der Waals surface area (Å²) in [6.07, 6.45) is -2.55. The molecule has 6 nitrogen and oxygen atoms in total. The molecule has 0 atom stereocenters. The first-order chi connectivity index (χ1) is 11.8. The number of hydrogen-bond donors (Lipinski definition) is 1. The number of ether oxygens (including phenoxy) is 1. The van der Waals surface area contributed by atoms with Crippen molar-refractivity contribution in [2.24, 2.45) is 5.10 Å². The highest BCUT2D eigenvalue weighted by atomic mass is 19.4. The van der Waals surface area contributed by atoms with Gasteiger partial charge >= 0.3 is 17.8 Å². The smallest absolute Gasteiger partial charge is 0.458 e. The van der Waals surface area contributed by atoms with E-state index in [4.69, 9.17) is 4.74 Å². The van der Waals surface area contributed by atoms with Gasteiger partial charge in [0.05, 0.1) is 24.1 Å². The number of anilines is 1. The molecule has 1 aliphatic carbocycles. The molecule has 3 rings (SSSR count). The van der Waals surface area contributed by atoms with Crippen LogP contribution in [0.1, 0.15) is 23.2 Å². The Bertz CT molecular complexity index is 772. The van der Waals surface area contributed by atoms with Gasteiger partial charge in [-0.25, -0.2) is 4.79 Å². The van der Waals surface area contributed by atoms with Crippen LogP contribution in [0.25, 0.3) is 0 Å². The maximum absolute atomic E-state index is 12.8. The number of allylic oxidation sites excluding steroid dienone is 2. The summed E-state index contributed by atoms with van der Waals surface area (Å²) in [6, 6.07) is 6.11. The van der Waals surface area contributed by atoms with Gasteiger partial charge in [-0.05, 0) is 34.1 Å². The Kier molecular flexibility index (Phi) is 4.34. The van der Waals surface area contributed by atoms with E-state index in [2.05, 4.69) is 5.10 Å². The Labute approximate surface area is 141 Å². The minimum Gasteiger partial charge on any atom is -0.458 e. The molecule has 0 spiro atoms. The number of nitrogens with zero attached hydrogens (tertiary/aromatic N) is 3. The van der Waals surface area contributed by atoms with Crippen molar-refractivity contribution in [3.05, 3.63) is 41.6 Å². The fraction of sp³-hybridized carbons (Fsp3) is 0.312. The van der Waals surface area contributed by atoms with Gasteiger partial charge in [0, 0.05) is 13.1 Å². The van der Waals surface area contributed by atoms with Crippen LogP contribution in [-0.2, 0) is 4.74 Å². The lowest BCUT2D eigenvalue weighted by atomic mass is 9.92. The molecular formula is C16H15F3N3O3+. The predicted octanol–water partition coefficient (Wildman–Crippen LogP) is 2.73. The topological polar surface area (TPSA) is 65.1 Å². The van der Waals surface area contributed by atoms with E-state index in [1.54, 1.807) is 12.1 Å². The van der Waals surface area contributed by atoms with Crippen molar-refractivity contribution < 1.29 is 32.6 Å². The van der Waals surface area contributed by atoms with Gasteiger partial charge in [-0.1, -0.05) is 0 Å². The van der Waals surface area contributed by atoms with E-state index < -0.39 is 23.9 Å².